The predicted molar refractivity (Wildman–Crippen MR) is 86.9 cm³/mol. The van der Waals surface area contributed by atoms with E-state index >= 15 is 0 Å². The van der Waals surface area contributed by atoms with Gasteiger partial charge in [-0.25, -0.2) is 4.98 Å². The summed E-state index contributed by atoms with van der Waals surface area (Å²) in [5.41, 5.74) is 0.398. The van der Waals surface area contributed by atoms with Gasteiger partial charge in [-0.2, -0.15) is 10.4 Å². The summed E-state index contributed by atoms with van der Waals surface area (Å²) in [6.45, 7) is 7.33. The van der Waals surface area contributed by atoms with Gasteiger partial charge in [0.15, 0.2) is 0 Å². The molecule has 0 radical (unpaired) electrons. The molecule has 0 amide bonds. The van der Waals surface area contributed by atoms with Gasteiger partial charge >= 0.3 is 0 Å². The van der Waals surface area contributed by atoms with Crippen LogP contribution in [0, 0.1) is 11.3 Å². The van der Waals surface area contributed by atoms with Crippen molar-refractivity contribution in [3.63, 3.8) is 0 Å². The molecule has 21 heavy (non-hydrogen) atoms. The Morgan fingerprint density at radius 2 is 1.95 bits per heavy atom. The quantitative estimate of drug-likeness (QED) is 0.789. The fourth-order valence-electron chi connectivity index (χ4n) is 2.65. The SMILES string of the molecule is C[Si](C)(C)CC(C#N)(Cn1cncn1)c1ccc(Cl)cc1. The Hall–Kier alpha value is -1.64. The Balaban J connectivity index is 2.46. The van der Waals surface area contributed by atoms with E-state index in [2.05, 4.69) is 35.8 Å². The highest BCUT2D eigenvalue weighted by molar-refractivity contribution is 6.76. The van der Waals surface area contributed by atoms with Crippen molar-refractivity contribution in [3.05, 3.63) is 47.5 Å². The molecule has 0 aliphatic heterocycles. The van der Waals surface area contributed by atoms with E-state index in [4.69, 9.17) is 11.6 Å². The van der Waals surface area contributed by atoms with Crippen molar-refractivity contribution in [2.45, 2.75) is 37.6 Å². The van der Waals surface area contributed by atoms with Crippen molar-refractivity contribution in [3.8, 4) is 6.07 Å². The third kappa shape index (κ3) is 3.93. The number of hydrogen-bond acceptors (Lipinski definition) is 3. The van der Waals surface area contributed by atoms with Crippen LogP contribution < -0.4 is 0 Å². The minimum Gasteiger partial charge on any atom is -0.251 e. The topological polar surface area (TPSA) is 54.5 Å². The van der Waals surface area contributed by atoms with Gasteiger partial charge in [-0.3, -0.25) is 4.68 Å². The maximum atomic E-state index is 9.94. The first-order chi connectivity index (χ1) is 9.85. The van der Waals surface area contributed by atoms with Crippen molar-refractivity contribution >= 4 is 19.7 Å². The van der Waals surface area contributed by atoms with E-state index in [1.165, 1.54) is 6.33 Å². The zero-order chi connectivity index (χ0) is 15.5. The molecule has 0 aliphatic rings. The molecule has 0 spiro atoms. The fraction of sp³-hybridized carbons (Fsp3) is 0.400. The molecule has 6 heteroatoms. The van der Waals surface area contributed by atoms with Gasteiger partial charge in [-0.1, -0.05) is 43.4 Å². The largest absolute Gasteiger partial charge is 0.251 e. The van der Waals surface area contributed by atoms with Crippen molar-refractivity contribution < 1.29 is 0 Å². The van der Waals surface area contributed by atoms with Gasteiger partial charge in [0.05, 0.1) is 18.0 Å². The Kier molecular flexibility index (Phi) is 4.50. The molecule has 1 aromatic heterocycles. The van der Waals surface area contributed by atoms with E-state index in [0.717, 1.165) is 11.6 Å². The van der Waals surface area contributed by atoms with Crippen LogP contribution >= 0.6 is 11.6 Å². The van der Waals surface area contributed by atoms with Crippen molar-refractivity contribution in [2.24, 2.45) is 0 Å². The fourth-order valence-corrected chi connectivity index (χ4v) is 4.99. The van der Waals surface area contributed by atoms with E-state index in [1.807, 2.05) is 24.3 Å². The second-order valence-corrected chi connectivity index (χ2v) is 12.4. The molecule has 1 atom stereocenters. The Morgan fingerprint density at radius 3 is 2.43 bits per heavy atom. The van der Waals surface area contributed by atoms with Crippen LogP contribution in [0.3, 0.4) is 0 Å². The smallest absolute Gasteiger partial charge is 0.137 e. The molecule has 0 N–H and O–H groups in total. The van der Waals surface area contributed by atoms with Gasteiger partial charge in [0.1, 0.15) is 12.7 Å². The van der Waals surface area contributed by atoms with Crippen LogP contribution in [0.2, 0.25) is 30.7 Å². The van der Waals surface area contributed by atoms with E-state index in [1.54, 1.807) is 11.0 Å². The van der Waals surface area contributed by atoms with Crippen LogP contribution in [0.25, 0.3) is 0 Å². The number of nitriles is 1. The Bertz CT molecular complexity index is 625. The summed E-state index contributed by atoms with van der Waals surface area (Å²) in [5, 5.41) is 14.8. The van der Waals surface area contributed by atoms with E-state index < -0.39 is 13.5 Å². The summed E-state index contributed by atoms with van der Waals surface area (Å²) in [4.78, 5) is 3.98. The average molecular weight is 319 g/mol. The maximum absolute atomic E-state index is 9.94. The first-order valence-corrected chi connectivity index (χ1v) is 10.9. The summed E-state index contributed by atoms with van der Waals surface area (Å²) < 4.78 is 1.73. The van der Waals surface area contributed by atoms with Gasteiger partial charge < -0.3 is 0 Å². The minimum atomic E-state index is -1.46. The van der Waals surface area contributed by atoms with E-state index in [-0.39, 0.29) is 0 Å². The summed E-state index contributed by atoms with van der Waals surface area (Å²) in [6.07, 6.45) is 3.16. The molecule has 4 nitrogen and oxygen atoms in total. The Labute approximate surface area is 131 Å². The third-order valence-electron chi connectivity index (χ3n) is 3.34. The molecule has 0 saturated carbocycles. The average Bonchev–Trinajstić information content (AvgIpc) is 2.90. The number of hydrogen-bond donors (Lipinski definition) is 0. The molecule has 2 aromatic rings. The monoisotopic (exact) mass is 318 g/mol. The van der Waals surface area contributed by atoms with Gasteiger partial charge in [0.2, 0.25) is 0 Å². The molecule has 0 aliphatic carbocycles. The normalized spacial score (nSPS) is 14.4. The van der Waals surface area contributed by atoms with E-state index in [0.29, 0.717) is 11.6 Å². The molecule has 1 unspecified atom stereocenters. The van der Waals surface area contributed by atoms with Crippen LogP contribution in [0.1, 0.15) is 5.56 Å². The molecular formula is C15H19ClN4Si. The second-order valence-electron chi connectivity index (χ2n) is 6.53. The Morgan fingerprint density at radius 1 is 1.29 bits per heavy atom. The molecule has 0 saturated heterocycles. The zero-order valence-corrected chi connectivity index (χ0v) is 14.3. The minimum absolute atomic E-state index is 0.509. The second kappa shape index (κ2) is 6.00. The first-order valence-electron chi connectivity index (χ1n) is 6.84. The first kappa shape index (κ1) is 15.7. The number of nitrogens with zero attached hydrogens (tertiary/aromatic N) is 4. The van der Waals surface area contributed by atoms with Crippen LogP contribution in [0.15, 0.2) is 36.9 Å². The van der Waals surface area contributed by atoms with Crippen molar-refractivity contribution in [1.29, 1.82) is 5.26 Å². The molecule has 0 fully saturated rings. The lowest BCUT2D eigenvalue weighted by Gasteiger charge is -2.32. The van der Waals surface area contributed by atoms with Crippen LogP contribution in [0.5, 0.6) is 0 Å². The van der Waals surface area contributed by atoms with Gasteiger partial charge in [-0.15, -0.1) is 0 Å². The summed E-state index contributed by atoms with van der Waals surface area (Å²) in [7, 11) is -1.46. The zero-order valence-electron chi connectivity index (χ0n) is 12.5. The van der Waals surface area contributed by atoms with Gasteiger partial charge in [-0.05, 0) is 23.7 Å². The lowest BCUT2D eigenvalue weighted by atomic mass is 9.83. The molecule has 0 bridgehead atoms. The van der Waals surface area contributed by atoms with Crippen LogP contribution in [-0.2, 0) is 12.0 Å². The molecule has 1 aromatic carbocycles. The summed E-state index contributed by atoms with van der Waals surface area (Å²) in [5.74, 6) is 0. The highest BCUT2D eigenvalue weighted by Crippen LogP contribution is 2.35. The number of aromatic nitrogens is 3. The lowest BCUT2D eigenvalue weighted by Crippen LogP contribution is -2.38. The molecule has 1 heterocycles. The molecule has 2 rings (SSSR count). The highest BCUT2D eigenvalue weighted by Gasteiger charge is 2.38. The highest BCUT2D eigenvalue weighted by atomic mass is 35.5. The summed E-state index contributed by atoms with van der Waals surface area (Å²) in [6, 6.07) is 11.0. The molecule has 110 valence electrons. The standard InChI is InChI=1S/C15H19ClN4Si/c1-21(2,3)10-15(8-17,9-20-12-18-11-19-20)13-4-6-14(16)7-5-13/h4-7,11-12H,9-10H2,1-3H3. The van der Waals surface area contributed by atoms with Crippen LogP contribution in [-0.4, -0.2) is 22.8 Å². The van der Waals surface area contributed by atoms with Gasteiger partial charge in [0, 0.05) is 13.1 Å². The lowest BCUT2D eigenvalue weighted by molar-refractivity contribution is 0.456. The van der Waals surface area contributed by atoms with Crippen molar-refractivity contribution in [2.75, 3.05) is 0 Å². The van der Waals surface area contributed by atoms with E-state index in [9.17, 15) is 5.26 Å². The number of rotatable bonds is 5. The number of benzene rings is 1. The van der Waals surface area contributed by atoms with Crippen LogP contribution in [0.4, 0.5) is 0 Å². The van der Waals surface area contributed by atoms with Gasteiger partial charge in [0.25, 0.3) is 0 Å². The predicted octanol–water partition coefficient (Wildman–Crippen LogP) is 3.73. The molecular weight excluding hydrogens is 300 g/mol. The third-order valence-corrected chi connectivity index (χ3v) is 5.26. The van der Waals surface area contributed by atoms with Crippen molar-refractivity contribution in [1.82, 2.24) is 14.8 Å². The maximum Gasteiger partial charge on any atom is 0.137 e. The number of halogens is 1. The summed E-state index contributed by atoms with van der Waals surface area (Å²) >= 11 is 5.98.